The Morgan fingerprint density at radius 3 is 1.60 bits per heavy atom. The van der Waals surface area contributed by atoms with Crippen molar-refractivity contribution in [3.05, 3.63) is 46.3 Å². The maximum atomic E-state index is 13.0. The van der Waals surface area contributed by atoms with Gasteiger partial charge in [0.1, 0.15) is 5.75 Å². The summed E-state index contributed by atoms with van der Waals surface area (Å²) >= 11 is 0. The molecule has 0 N–H and O–H groups in total. The zero-order valence-electron chi connectivity index (χ0n) is 25.8. The van der Waals surface area contributed by atoms with Crippen molar-refractivity contribution in [3.63, 3.8) is 0 Å². The molecule has 2 rings (SSSR count). The van der Waals surface area contributed by atoms with Crippen molar-refractivity contribution < 1.29 is 23.8 Å². The lowest BCUT2D eigenvalue weighted by Gasteiger charge is -2.21. The zero-order chi connectivity index (χ0) is 29.3. The number of hydrogen-bond acceptors (Lipinski definition) is 6. The van der Waals surface area contributed by atoms with Crippen molar-refractivity contribution in [1.82, 2.24) is 4.98 Å². The summed E-state index contributed by atoms with van der Waals surface area (Å²) < 4.78 is 16.3. The number of unbranched alkanes of at least 4 members (excludes halogenated alkanes) is 12. The van der Waals surface area contributed by atoms with Crippen LogP contribution in [0, 0.1) is 13.8 Å². The Morgan fingerprint density at radius 1 is 0.675 bits per heavy atom. The van der Waals surface area contributed by atoms with E-state index in [0.717, 1.165) is 30.4 Å². The third kappa shape index (κ3) is 9.64. The first-order chi connectivity index (χ1) is 19.4. The van der Waals surface area contributed by atoms with Crippen LogP contribution in [0.5, 0.6) is 5.75 Å². The second kappa shape index (κ2) is 18.5. The molecule has 0 spiro atoms. The van der Waals surface area contributed by atoms with Gasteiger partial charge < -0.3 is 14.2 Å². The Hall–Kier alpha value is -2.89. The standard InChI is InChI=1S/C34H51NO5/c1-7-9-10-11-12-13-14-15-16-17-18-19-20-22-27-23-21-24-28(40-8-2)31(27)32-29(33(36)38-5)25(3)35-26(4)30(32)34(37)39-6/h21,23-24H,7-20,22H2,1-6H3. The van der Waals surface area contributed by atoms with E-state index in [1.165, 1.54) is 84.8 Å². The first-order valence-electron chi connectivity index (χ1n) is 15.3. The number of methoxy groups -OCH3 is 2. The molecular formula is C34H51NO5. The number of aryl methyl sites for hydroxylation is 3. The summed E-state index contributed by atoms with van der Waals surface area (Å²) in [5, 5.41) is 0. The molecule has 0 unspecified atom stereocenters. The third-order valence-electron chi connectivity index (χ3n) is 7.55. The molecule has 0 aliphatic rings. The van der Waals surface area contributed by atoms with Crippen molar-refractivity contribution in [3.8, 4) is 16.9 Å². The average molecular weight is 554 g/mol. The van der Waals surface area contributed by atoms with E-state index in [1.54, 1.807) is 13.8 Å². The number of hydrogen-bond donors (Lipinski definition) is 0. The van der Waals surface area contributed by atoms with Crippen LogP contribution in [0.2, 0.25) is 0 Å². The maximum Gasteiger partial charge on any atom is 0.340 e. The number of esters is 2. The van der Waals surface area contributed by atoms with Gasteiger partial charge in [-0.2, -0.15) is 0 Å². The highest BCUT2D eigenvalue weighted by molar-refractivity contribution is 6.08. The van der Waals surface area contributed by atoms with Crippen LogP contribution in [0.25, 0.3) is 11.1 Å². The van der Waals surface area contributed by atoms with Crippen LogP contribution in [0.3, 0.4) is 0 Å². The largest absolute Gasteiger partial charge is 0.493 e. The van der Waals surface area contributed by atoms with Gasteiger partial charge in [0, 0.05) is 11.1 Å². The first-order valence-corrected chi connectivity index (χ1v) is 15.3. The van der Waals surface area contributed by atoms with Gasteiger partial charge in [-0.3, -0.25) is 4.98 Å². The topological polar surface area (TPSA) is 74.7 Å². The van der Waals surface area contributed by atoms with Crippen LogP contribution < -0.4 is 4.74 Å². The van der Waals surface area contributed by atoms with Crippen molar-refractivity contribution >= 4 is 11.9 Å². The maximum absolute atomic E-state index is 13.0. The number of pyridine rings is 1. The van der Waals surface area contributed by atoms with Gasteiger partial charge in [0.2, 0.25) is 0 Å². The lowest BCUT2D eigenvalue weighted by atomic mass is 9.87. The molecule has 0 radical (unpaired) electrons. The van der Waals surface area contributed by atoms with Gasteiger partial charge in [-0.15, -0.1) is 0 Å². The molecule has 0 amide bonds. The first kappa shape index (κ1) is 33.3. The average Bonchev–Trinajstić information content (AvgIpc) is 2.94. The molecular weight excluding hydrogens is 502 g/mol. The summed E-state index contributed by atoms with van der Waals surface area (Å²) in [5.41, 5.74) is 3.82. The Morgan fingerprint density at radius 2 is 1.15 bits per heavy atom. The number of aromatic nitrogens is 1. The van der Waals surface area contributed by atoms with Crippen molar-refractivity contribution in [1.29, 1.82) is 0 Å². The predicted molar refractivity (Wildman–Crippen MR) is 162 cm³/mol. The van der Waals surface area contributed by atoms with Crippen LogP contribution in [-0.4, -0.2) is 37.7 Å². The van der Waals surface area contributed by atoms with E-state index in [4.69, 9.17) is 14.2 Å². The van der Waals surface area contributed by atoms with E-state index >= 15 is 0 Å². The molecule has 6 nitrogen and oxygen atoms in total. The number of benzene rings is 1. The fourth-order valence-electron chi connectivity index (χ4n) is 5.48. The van der Waals surface area contributed by atoms with Gasteiger partial charge in [-0.1, -0.05) is 96.1 Å². The van der Waals surface area contributed by atoms with Gasteiger partial charge in [-0.25, -0.2) is 9.59 Å². The molecule has 1 aromatic carbocycles. The molecule has 0 atom stereocenters. The second-order valence-electron chi connectivity index (χ2n) is 10.6. The molecule has 1 aromatic heterocycles. The smallest absolute Gasteiger partial charge is 0.340 e. The minimum absolute atomic E-state index is 0.271. The van der Waals surface area contributed by atoms with E-state index in [9.17, 15) is 9.59 Å². The fourth-order valence-corrected chi connectivity index (χ4v) is 5.48. The van der Waals surface area contributed by atoms with Gasteiger partial charge in [-0.05, 0) is 45.2 Å². The van der Waals surface area contributed by atoms with Crippen molar-refractivity contribution in [2.24, 2.45) is 0 Å². The number of ether oxygens (including phenoxy) is 3. The summed E-state index contributed by atoms with van der Waals surface area (Å²) in [6, 6.07) is 5.92. The monoisotopic (exact) mass is 553 g/mol. The van der Waals surface area contributed by atoms with E-state index < -0.39 is 11.9 Å². The summed E-state index contributed by atoms with van der Waals surface area (Å²) in [4.78, 5) is 30.5. The number of rotatable bonds is 19. The predicted octanol–water partition coefficient (Wildman–Crippen LogP) is 8.97. The molecule has 0 saturated heterocycles. The van der Waals surface area contributed by atoms with Gasteiger partial charge in [0.25, 0.3) is 0 Å². The van der Waals surface area contributed by atoms with E-state index in [1.807, 2.05) is 19.1 Å². The molecule has 6 heteroatoms. The van der Waals surface area contributed by atoms with Gasteiger partial charge in [0.05, 0.1) is 43.3 Å². The molecule has 40 heavy (non-hydrogen) atoms. The van der Waals surface area contributed by atoms with Crippen LogP contribution in [0.4, 0.5) is 0 Å². The minimum atomic E-state index is -0.539. The molecule has 222 valence electrons. The highest BCUT2D eigenvalue weighted by Gasteiger charge is 2.30. The molecule has 1 heterocycles. The Bertz CT molecular complexity index is 1040. The van der Waals surface area contributed by atoms with Crippen LogP contribution in [0.15, 0.2) is 18.2 Å². The third-order valence-corrected chi connectivity index (χ3v) is 7.55. The van der Waals surface area contributed by atoms with Crippen molar-refractivity contribution in [2.75, 3.05) is 20.8 Å². The van der Waals surface area contributed by atoms with Gasteiger partial charge >= 0.3 is 11.9 Å². The lowest BCUT2D eigenvalue weighted by molar-refractivity contribution is 0.0599. The highest BCUT2D eigenvalue weighted by Crippen LogP contribution is 2.41. The van der Waals surface area contributed by atoms with Gasteiger partial charge in [0.15, 0.2) is 0 Å². The van der Waals surface area contributed by atoms with E-state index in [0.29, 0.717) is 29.3 Å². The molecule has 0 fully saturated rings. The minimum Gasteiger partial charge on any atom is -0.493 e. The number of carbonyl (C=O) groups is 2. The summed E-state index contributed by atoms with van der Waals surface area (Å²) in [7, 11) is 2.68. The quantitative estimate of drug-likeness (QED) is 0.128. The Balaban J connectivity index is 2.18. The Kier molecular flexibility index (Phi) is 15.4. The fraction of sp³-hybridized carbons (Fsp3) is 0.618. The molecule has 2 aromatic rings. The van der Waals surface area contributed by atoms with Crippen molar-refractivity contribution in [2.45, 2.75) is 118 Å². The van der Waals surface area contributed by atoms with Crippen LogP contribution in [-0.2, 0) is 15.9 Å². The zero-order valence-corrected chi connectivity index (χ0v) is 25.8. The second-order valence-corrected chi connectivity index (χ2v) is 10.6. The van der Waals surface area contributed by atoms with Crippen LogP contribution >= 0.6 is 0 Å². The highest BCUT2D eigenvalue weighted by atomic mass is 16.5. The Labute approximate surface area is 242 Å². The van der Waals surface area contributed by atoms with E-state index in [-0.39, 0.29) is 11.1 Å². The SMILES string of the molecule is CCCCCCCCCCCCCCCc1cccc(OCC)c1-c1c(C(=O)OC)c(C)nc(C)c1C(=O)OC. The van der Waals surface area contributed by atoms with E-state index in [2.05, 4.69) is 18.0 Å². The molecule has 0 aliphatic heterocycles. The lowest BCUT2D eigenvalue weighted by Crippen LogP contribution is -2.17. The summed E-state index contributed by atoms with van der Waals surface area (Å²) in [6.07, 6.45) is 17.7. The molecule has 0 bridgehead atoms. The molecule has 0 aliphatic carbocycles. The molecule has 0 saturated carbocycles. The number of nitrogens with zero attached hydrogens (tertiary/aromatic N) is 1. The normalized spacial score (nSPS) is 10.9. The summed E-state index contributed by atoms with van der Waals surface area (Å²) in [6.45, 7) is 8.17. The number of carbonyl (C=O) groups excluding carboxylic acids is 2. The van der Waals surface area contributed by atoms with Crippen LogP contribution in [0.1, 0.15) is 135 Å². The summed E-state index contributed by atoms with van der Waals surface area (Å²) in [5.74, 6) is -0.443.